The van der Waals surface area contributed by atoms with Crippen LogP contribution in [0.2, 0.25) is 0 Å². The van der Waals surface area contributed by atoms with Gasteiger partial charge in [0.2, 0.25) is 0 Å². The highest BCUT2D eigenvalue weighted by Crippen LogP contribution is 2.17. The van der Waals surface area contributed by atoms with Gasteiger partial charge in [-0.25, -0.2) is 0 Å². The van der Waals surface area contributed by atoms with Gasteiger partial charge in [-0.05, 0) is 64.2 Å². The molecule has 0 saturated carbocycles. The van der Waals surface area contributed by atoms with E-state index in [9.17, 15) is 14.4 Å². The Morgan fingerprint density at radius 2 is 0.522 bits per heavy atom. The number of ether oxygens (including phenoxy) is 3. The predicted molar refractivity (Wildman–Crippen MR) is 289 cm³/mol. The van der Waals surface area contributed by atoms with Gasteiger partial charge in [-0.1, -0.05) is 270 Å². The number of unbranched alkanes of at least 4 members (excludes halogenated alkanes) is 40. The monoisotopic (exact) mass is 943 g/mol. The lowest BCUT2D eigenvalue weighted by Crippen LogP contribution is -2.30. The highest BCUT2D eigenvalue weighted by atomic mass is 16.6. The summed E-state index contributed by atoms with van der Waals surface area (Å²) in [7, 11) is 0. The van der Waals surface area contributed by atoms with E-state index >= 15 is 0 Å². The highest BCUT2D eigenvalue weighted by molar-refractivity contribution is 5.71. The number of hydrogen-bond acceptors (Lipinski definition) is 6. The van der Waals surface area contributed by atoms with Crippen LogP contribution in [0.5, 0.6) is 0 Å². The zero-order valence-electron chi connectivity index (χ0n) is 45.2. The first-order valence-electron chi connectivity index (χ1n) is 29.8. The zero-order valence-corrected chi connectivity index (χ0v) is 45.2. The normalized spacial score (nSPS) is 12.1. The van der Waals surface area contributed by atoms with Gasteiger partial charge < -0.3 is 14.2 Å². The van der Waals surface area contributed by atoms with Crippen molar-refractivity contribution in [1.82, 2.24) is 0 Å². The Bertz CT molecular complexity index is 1080. The summed E-state index contributed by atoms with van der Waals surface area (Å²) in [6.45, 7) is 6.62. The minimum Gasteiger partial charge on any atom is -0.462 e. The molecule has 0 radical (unpaired) electrons. The van der Waals surface area contributed by atoms with Gasteiger partial charge in [-0.2, -0.15) is 0 Å². The number of carbonyl (C=O) groups excluding carboxylic acids is 3. The SMILES string of the molecule is CCC/C=C\CCCCCCCC(=O)OCC(COC(=O)CCCCCCCCCCCCCCCCCCCCCC)OC(=O)CCCCCCCCCCC/C=C\CCCCCCCC. The fraction of sp³-hybridized carbons (Fsp3) is 0.885. The molecule has 0 rings (SSSR count). The van der Waals surface area contributed by atoms with Crippen molar-refractivity contribution in [2.75, 3.05) is 13.2 Å². The van der Waals surface area contributed by atoms with Crippen LogP contribution in [0.25, 0.3) is 0 Å². The molecule has 0 saturated heterocycles. The van der Waals surface area contributed by atoms with E-state index in [1.54, 1.807) is 0 Å². The first-order valence-corrected chi connectivity index (χ1v) is 29.8. The Hall–Kier alpha value is -2.11. The third-order valence-corrected chi connectivity index (χ3v) is 13.4. The summed E-state index contributed by atoms with van der Waals surface area (Å²) in [6.07, 6.45) is 66.1. The van der Waals surface area contributed by atoms with Crippen molar-refractivity contribution in [1.29, 1.82) is 0 Å². The summed E-state index contributed by atoms with van der Waals surface area (Å²) < 4.78 is 16.9. The lowest BCUT2D eigenvalue weighted by Gasteiger charge is -2.18. The molecular weight excluding hydrogens is 829 g/mol. The van der Waals surface area contributed by atoms with Gasteiger partial charge in [0, 0.05) is 19.3 Å². The van der Waals surface area contributed by atoms with Gasteiger partial charge in [-0.3, -0.25) is 14.4 Å². The molecular formula is C61H114O6. The molecule has 0 aromatic rings. The van der Waals surface area contributed by atoms with E-state index in [4.69, 9.17) is 14.2 Å². The van der Waals surface area contributed by atoms with E-state index in [2.05, 4.69) is 45.1 Å². The van der Waals surface area contributed by atoms with Crippen molar-refractivity contribution >= 4 is 17.9 Å². The van der Waals surface area contributed by atoms with Crippen molar-refractivity contribution in [2.24, 2.45) is 0 Å². The summed E-state index contributed by atoms with van der Waals surface area (Å²) in [5.41, 5.74) is 0. The molecule has 0 amide bonds. The molecule has 67 heavy (non-hydrogen) atoms. The summed E-state index contributed by atoms with van der Waals surface area (Å²) in [4.78, 5) is 38.1. The number of hydrogen-bond donors (Lipinski definition) is 0. The molecule has 0 aliphatic heterocycles. The molecule has 0 spiro atoms. The molecule has 1 atom stereocenters. The number of allylic oxidation sites excluding steroid dienone is 4. The first-order chi connectivity index (χ1) is 33.0. The quantitative estimate of drug-likeness (QED) is 0.0262. The fourth-order valence-corrected chi connectivity index (χ4v) is 8.91. The van der Waals surface area contributed by atoms with Crippen molar-refractivity contribution in [3.63, 3.8) is 0 Å². The second kappa shape index (κ2) is 56.5. The molecule has 0 fully saturated rings. The minimum atomic E-state index is -0.771. The second-order valence-electron chi connectivity index (χ2n) is 20.3. The summed E-state index contributed by atoms with van der Waals surface area (Å²) in [6, 6.07) is 0. The third kappa shape index (κ3) is 54.7. The number of carbonyl (C=O) groups is 3. The second-order valence-corrected chi connectivity index (χ2v) is 20.3. The lowest BCUT2D eigenvalue weighted by molar-refractivity contribution is -0.167. The van der Waals surface area contributed by atoms with E-state index in [0.717, 1.165) is 70.6 Å². The molecule has 0 aliphatic rings. The van der Waals surface area contributed by atoms with Gasteiger partial charge in [0.05, 0.1) is 0 Å². The van der Waals surface area contributed by atoms with Gasteiger partial charge in [0.15, 0.2) is 6.10 Å². The largest absolute Gasteiger partial charge is 0.462 e. The Morgan fingerprint density at radius 1 is 0.284 bits per heavy atom. The van der Waals surface area contributed by atoms with Crippen LogP contribution in [0.15, 0.2) is 24.3 Å². The van der Waals surface area contributed by atoms with Gasteiger partial charge >= 0.3 is 17.9 Å². The van der Waals surface area contributed by atoms with E-state index in [0.29, 0.717) is 19.3 Å². The molecule has 0 bridgehead atoms. The molecule has 0 aliphatic carbocycles. The van der Waals surface area contributed by atoms with E-state index in [1.165, 1.54) is 218 Å². The van der Waals surface area contributed by atoms with Crippen molar-refractivity contribution in [2.45, 2.75) is 335 Å². The molecule has 6 nitrogen and oxygen atoms in total. The molecule has 0 N–H and O–H groups in total. The summed E-state index contributed by atoms with van der Waals surface area (Å²) in [5, 5.41) is 0. The predicted octanol–water partition coefficient (Wildman–Crippen LogP) is 19.9. The third-order valence-electron chi connectivity index (χ3n) is 13.4. The Kier molecular flexibility index (Phi) is 54.7. The zero-order chi connectivity index (χ0) is 48.6. The highest BCUT2D eigenvalue weighted by Gasteiger charge is 2.19. The van der Waals surface area contributed by atoms with Crippen LogP contribution in [0.1, 0.15) is 329 Å². The minimum absolute atomic E-state index is 0.0702. The van der Waals surface area contributed by atoms with Gasteiger partial charge in [0.25, 0.3) is 0 Å². The van der Waals surface area contributed by atoms with Crippen LogP contribution >= 0.6 is 0 Å². The lowest BCUT2D eigenvalue weighted by atomic mass is 10.0. The molecule has 394 valence electrons. The summed E-state index contributed by atoms with van der Waals surface area (Å²) >= 11 is 0. The van der Waals surface area contributed by atoms with Crippen LogP contribution in [0, 0.1) is 0 Å². The van der Waals surface area contributed by atoms with Crippen LogP contribution in [-0.2, 0) is 28.6 Å². The van der Waals surface area contributed by atoms with Crippen LogP contribution < -0.4 is 0 Å². The maximum absolute atomic E-state index is 12.9. The van der Waals surface area contributed by atoms with Gasteiger partial charge in [-0.15, -0.1) is 0 Å². The van der Waals surface area contributed by atoms with Crippen LogP contribution in [0.4, 0.5) is 0 Å². The number of esters is 3. The Morgan fingerprint density at radius 3 is 0.806 bits per heavy atom. The molecule has 6 heteroatoms. The molecule has 0 aromatic heterocycles. The average molecular weight is 944 g/mol. The first kappa shape index (κ1) is 64.9. The van der Waals surface area contributed by atoms with E-state index < -0.39 is 6.10 Å². The maximum atomic E-state index is 12.9. The molecule has 0 aromatic carbocycles. The van der Waals surface area contributed by atoms with Crippen LogP contribution in [-0.4, -0.2) is 37.2 Å². The average Bonchev–Trinajstić information content (AvgIpc) is 3.33. The Balaban J connectivity index is 4.23. The van der Waals surface area contributed by atoms with Crippen LogP contribution in [0.3, 0.4) is 0 Å². The van der Waals surface area contributed by atoms with E-state index in [1.807, 2.05) is 0 Å². The standard InChI is InChI=1S/C61H114O6/c1-4-7-10-13-16-19-22-24-26-28-30-32-33-35-37-39-42-45-48-51-54-60(63)66-57-58(56-65-59(62)53-50-47-44-41-21-18-15-12-9-6-3)67-61(64)55-52-49-46-43-40-38-36-34-31-29-27-25-23-20-17-14-11-8-5-2/h12,15,25,27,58H,4-11,13-14,16-24,26,28-57H2,1-3H3/b15-12-,27-25-. The molecule has 0 heterocycles. The smallest absolute Gasteiger partial charge is 0.306 e. The molecule has 1 unspecified atom stereocenters. The van der Waals surface area contributed by atoms with Crippen molar-refractivity contribution in [3.05, 3.63) is 24.3 Å². The fourth-order valence-electron chi connectivity index (χ4n) is 8.91. The van der Waals surface area contributed by atoms with Crippen molar-refractivity contribution < 1.29 is 28.6 Å². The summed E-state index contributed by atoms with van der Waals surface area (Å²) in [5.74, 6) is -0.863. The number of rotatable bonds is 55. The Labute approximate surface area is 417 Å². The van der Waals surface area contributed by atoms with Crippen molar-refractivity contribution in [3.8, 4) is 0 Å². The topological polar surface area (TPSA) is 78.9 Å². The maximum Gasteiger partial charge on any atom is 0.306 e. The van der Waals surface area contributed by atoms with Gasteiger partial charge in [0.1, 0.15) is 13.2 Å². The van der Waals surface area contributed by atoms with E-state index in [-0.39, 0.29) is 31.1 Å².